The summed E-state index contributed by atoms with van der Waals surface area (Å²) in [5, 5.41) is 7.69. The van der Waals surface area contributed by atoms with E-state index in [9.17, 15) is 0 Å². The van der Waals surface area contributed by atoms with Crippen molar-refractivity contribution < 1.29 is 0 Å². The zero-order valence-electron chi connectivity index (χ0n) is 7.06. The highest BCUT2D eigenvalue weighted by atomic mass is 15.4. The molecule has 0 spiro atoms. The fraction of sp³-hybridized carbons (Fsp3) is 0.750. The second kappa shape index (κ2) is 3.23. The van der Waals surface area contributed by atoms with Crippen LogP contribution in [0.15, 0.2) is 12.4 Å². The van der Waals surface area contributed by atoms with Crippen LogP contribution in [0.2, 0.25) is 0 Å². The summed E-state index contributed by atoms with van der Waals surface area (Å²) >= 11 is 0. The van der Waals surface area contributed by atoms with E-state index in [0.29, 0.717) is 12.0 Å². The van der Waals surface area contributed by atoms with Crippen molar-refractivity contribution >= 4 is 0 Å². The molecular formula is C8H14N4. The van der Waals surface area contributed by atoms with Gasteiger partial charge in [0.25, 0.3) is 0 Å². The highest BCUT2D eigenvalue weighted by Gasteiger charge is 2.24. The Bertz CT molecular complexity index is 231. The van der Waals surface area contributed by atoms with Gasteiger partial charge < -0.3 is 5.73 Å². The zero-order chi connectivity index (χ0) is 8.39. The lowest BCUT2D eigenvalue weighted by Crippen LogP contribution is -2.27. The van der Waals surface area contributed by atoms with E-state index in [1.165, 1.54) is 19.3 Å². The first-order valence-corrected chi connectivity index (χ1v) is 4.46. The summed E-state index contributed by atoms with van der Waals surface area (Å²) < 4.78 is 1.87. The second-order valence-electron chi connectivity index (χ2n) is 3.48. The average molecular weight is 166 g/mol. The maximum absolute atomic E-state index is 5.93. The van der Waals surface area contributed by atoms with Crippen LogP contribution in [0.1, 0.15) is 19.3 Å². The Hall–Kier alpha value is -0.900. The standard InChI is InChI=1S/C8H14N4/c9-8-3-1-2-7(8)6-12-5-4-10-11-12/h4-5,7-8H,1-3,6,9H2. The average Bonchev–Trinajstić information content (AvgIpc) is 2.65. The Labute approximate surface area is 71.8 Å². The molecule has 1 heterocycles. The van der Waals surface area contributed by atoms with E-state index in [0.717, 1.165) is 6.54 Å². The Balaban J connectivity index is 1.95. The lowest BCUT2D eigenvalue weighted by molar-refractivity contribution is 0.385. The van der Waals surface area contributed by atoms with E-state index in [-0.39, 0.29) is 0 Å². The first-order valence-electron chi connectivity index (χ1n) is 4.46. The molecule has 2 unspecified atom stereocenters. The molecule has 0 bridgehead atoms. The molecule has 1 aromatic rings. The van der Waals surface area contributed by atoms with Crippen LogP contribution in [0.4, 0.5) is 0 Å². The van der Waals surface area contributed by atoms with E-state index in [1.807, 2.05) is 10.9 Å². The van der Waals surface area contributed by atoms with Crippen LogP contribution in [-0.4, -0.2) is 21.0 Å². The Morgan fingerprint density at radius 2 is 2.42 bits per heavy atom. The minimum atomic E-state index is 0.370. The lowest BCUT2D eigenvalue weighted by Gasteiger charge is -2.13. The Morgan fingerprint density at radius 1 is 1.50 bits per heavy atom. The third-order valence-corrected chi connectivity index (χ3v) is 2.61. The van der Waals surface area contributed by atoms with Crippen LogP contribution >= 0.6 is 0 Å². The quantitative estimate of drug-likeness (QED) is 0.692. The molecule has 0 saturated heterocycles. The number of hydrogen-bond donors (Lipinski definition) is 1. The molecule has 2 atom stereocenters. The Kier molecular flexibility index (Phi) is 2.08. The molecule has 4 heteroatoms. The molecule has 0 aromatic carbocycles. The summed E-state index contributed by atoms with van der Waals surface area (Å²) in [6.45, 7) is 0.932. The summed E-state index contributed by atoms with van der Waals surface area (Å²) in [6, 6.07) is 0.370. The molecule has 1 aliphatic carbocycles. The van der Waals surface area contributed by atoms with Crippen molar-refractivity contribution in [2.24, 2.45) is 11.7 Å². The van der Waals surface area contributed by atoms with Crippen molar-refractivity contribution in [2.45, 2.75) is 31.8 Å². The fourth-order valence-corrected chi connectivity index (χ4v) is 1.86. The highest BCUT2D eigenvalue weighted by Crippen LogP contribution is 2.24. The topological polar surface area (TPSA) is 56.7 Å². The molecule has 2 N–H and O–H groups in total. The fourth-order valence-electron chi connectivity index (χ4n) is 1.86. The minimum Gasteiger partial charge on any atom is -0.327 e. The van der Waals surface area contributed by atoms with E-state index in [2.05, 4.69) is 10.3 Å². The third-order valence-electron chi connectivity index (χ3n) is 2.61. The molecule has 1 fully saturated rings. The SMILES string of the molecule is NC1CCCC1Cn1ccnn1. The summed E-state index contributed by atoms with van der Waals surface area (Å²) in [4.78, 5) is 0. The van der Waals surface area contributed by atoms with E-state index in [1.54, 1.807) is 6.20 Å². The maximum atomic E-state index is 5.93. The zero-order valence-corrected chi connectivity index (χ0v) is 7.06. The van der Waals surface area contributed by atoms with Crippen molar-refractivity contribution in [1.82, 2.24) is 15.0 Å². The van der Waals surface area contributed by atoms with Crippen molar-refractivity contribution in [2.75, 3.05) is 0 Å². The van der Waals surface area contributed by atoms with Crippen LogP contribution in [0.5, 0.6) is 0 Å². The summed E-state index contributed by atoms with van der Waals surface area (Å²) in [7, 11) is 0. The molecule has 0 radical (unpaired) electrons. The van der Waals surface area contributed by atoms with Gasteiger partial charge in [-0.05, 0) is 18.8 Å². The van der Waals surface area contributed by atoms with E-state index < -0.39 is 0 Å². The molecule has 0 amide bonds. The van der Waals surface area contributed by atoms with Crippen molar-refractivity contribution in [1.29, 1.82) is 0 Å². The van der Waals surface area contributed by atoms with E-state index in [4.69, 9.17) is 5.73 Å². The number of aromatic nitrogens is 3. The van der Waals surface area contributed by atoms with Crippen LogP contribution in [0.3, 0.4) is 0 Å². The monoisotopic (exact) mass is 166 g/mol. The predicted molar refractivity (Wildman–Crippen MR) is 45.3 cm³/mol. The molecule has 1 aromatic heterocycles. The van der Waals surface area contributed by atoms with Gasteiger partial charge in [0.1, 0.15) is 0 Å². The van der Waals surface area contributed by atoms with Crippen LogP contribution in [0.25, 0.3) is 0 Å². The van der Waals surface area contributed by atoms with Gasteiger partial charge in [0.2, 0.25) is 0 Å². The first kappa shape index (κ1) is 7.73. The molecule has 2 rings (SSSR count). The van der Waals surface area contributed by atoms with Gasteiger partial charge in [0.15, 0.2) is 0 Å². The number of nitrogens with two attached hydrogens (primary N) is 1. The van der Waals surface area contributed by atoms with Gasteiger partial charge in [-0.3, -0.25) is 4.68 Å². The van der Waals surface area contributed by atoms with E-state index >= 15 is 0 Å². The van der Waals surface area contributed by atoms with Crippen LogP contribution in [-0.2, 0) is 6.54 Å². The van der Waals surface area contributed by atoms with Crippen molar-refractivity contribution in [3.63, 3.8) is 0 Å². The van der Waals surface area contributed by atoms with Crippen molar-refractivity contribution in [3.05, 3.63) is 12.4 Å². The molecule has 1 aliphatic rings. The number of hydrogen-bond acceptors (Lipinski definition) is 3. The minimum absolute atomic E-state index is 0.370. The molecular weight excluding hydrogens is 152 g/mol. The number of rotatable bonds is 2. The second-order valence-corrected chi connectivity index (χ2v) is 3.48. The largest absolute Gasteiger partial charge is 0.327 e. The summed E-state index contributed by atoms with van der Waals surface area (Å²) in [5.41, 5.74) is 5.93. The Morgan fingerprint density at radius 3 is 3.00 bits per heavy atom. The van der Waals surface area contributed by atoms with Crippen LogP contribution in [0, 0.1) is 5.92 Å². The predicted octanol–water partition coefficient (Wildman–Crippen LogP) is 0.405. The van der Waals surface area contributed by atoms with Gasteiger partial charge in [-0.15, -0.1) is 5.10 Å². The molecule has 12 heavy (non-hydrogen) atoms. The summed E-state index contributed by atoms with van der Waals surface area (Å²) in [5.74, 6) is 0.603. The third kappa shape index (κ3) is 1.48. The first-order chi connectivity index (χ1) is 5.86. The highest BCUT2D eigenvalue weighted by molar-refractivity contribution is 4.80. The van der Waals surface area contributed by atoms with Crippen molar-refractivity contribution in [3.8, 4) is 0 Å². The molecule has 1 saturated carbocycles. The van der Waals surface area contributed by atoms with Gasteiger partial charge >= 0.3 is 0 Å². The molecule has 0 aliphatic heterocycles. The molecule has 66 valence electrons. The van der Waals surface area contributed by atoms with Gasteiger partial charge in [-0.2, -0.15) is 0 Å². The lowest BCUT2D eigenvalue weighted by atomic mass is 10.1. The van der Waals surface area contributed by atoms with Gasteiger partial charge in [-0.25, -0.2) is 0 Å². The molecule has 4 nitrogen and oxygen atoms in total. The van der Waals surface area contributed by atoms with Gasteiger partial charge in [0, 0.05) is 18.8 Å². The normalized spacial score (nSPS) is 29.4. The van der Waals surface area contributed by atoms with Crippen LogP contribution < -0.4 is 5.73 Å². The summed E-state index contributed by atoms with van der Waals surface area (Å²) in [6.07, 6.45) is 7.27. The smallest absolute Gasteiger partial charge is 0.0692 e. The van der Waals surface area contributed by atoms with Gasteiger partial charge in [0.05, 0.1) is 6.20 Å². The van der Waals surface area contributed by atoms with Gasteiger partial charge in [-0.1, -0.05) is 11.6 Å². The number of nitrogens with zero attached hydrogens (tertiary/aromatic N) is 3. The maximum Gasteiger partial charge on any atom is 0.0692 e.